The van der Waals surface area contributed by atoms with Crippen molar-refractivity contribution in [2.24, 2.45) is 0 Å². The second-order valence-electron chi connectivity index (χ2n) is 5.56. The number of carbonyl (C=O) groups is 3. The minimum atomic E-state index is -0.593. The van der Waals surface area contributed by atoms with Crippen molar-refractivity contribution in [3.8, 4) is 0 Å². The monoisotopic (exact) mass is 323 g/mol. The van der Waals surface area contributed by atoms with E-state index in [2.05, 4.69) is 10.6 Å². The van der Waals surface area contributed by atoms with Gasteiger partial charge in [0.15, 0.2) is 0 Å². The zero-order valence-electron chi connectivity index (χ0n) is 13.2. The van der Waals surface area contributed by atoms with Crippen molar-refractivity contribution in [2.75, 3.05) is 15.5 Å². The molecule has 0 spiro atoms. The molecule has 1 fully saturated rings. The van der Waals surface area contributed by atoms with Gasteiger partial charge in [0.25, 0.3) is 5.91 Å². The van der Waals surface area contributed by atoms with Gasteiger partial charge in [-0.25, -0.2) is 4.90 Å². The number of para-hydroxylation sites is 1. The third-order valence-electron chi connectivity index (χ3n) is 3.71. The molecule has 0 aliphatic carbocycles. The zero-order valence-corrected chi connectivity index (χ0v) is 13.2. The predicted molar refractivity (Wildman–Crippen MR) is 91.7 cm³/mol. The fraction of sp³-hybridized carbons (Fsp3) is 0.167. The zero-order chi connectivity index (χ0) is 17.1. The van der Waals surface area contributed by atoms with Gasteiger partial charge in [0.2, 0.25) is 11.8 Å². The topological polar surface area (TPSA) is 78.5 Å². The van der Waals surface area contributed by atoms with Gasteiger partial charge in [0.05, 0.1) is 12.1 Å². The first-order chi connectivity index (χ1) is 11.5. The molecule has 122 valence electrons. The van der Waals surface area contributed by atoms with Crippen molar-refractivity contribution in [3.63, 3.8) is 0 Å². The predicted octanol–water partition coefficient (Wildman–Crippen LogP) is 2.39. The molecule has 2 N–H and O–H groups in total. The minimum Gasteiger partial charge on any atom is -0.373 e. The number of rotatable bonds is 4. The molecule has 24 heavy (non-hydrogen) atoms. The van der Waals surface area contributed by atoms with E-state index >= 15 is 0 Å². The maximum atomic E-state index is 12.5. The van der Waals surface area contributed by atoms with Gasteiger partial charge in [-0.2, -0.15) is 0 Å². The molecule has 1 atom stereocenters. The Kier molecular flexibility index (Phi) is 4.29. The van der Waals surface area contributed by atoms with Gasteiger partial charge < -0.3 is 10.6 Å². The fourth-order valence-electron chi connectivity index (χ4n) is 2.65. The lowest BCUT2D eigenvalue weighted by Gasteiger charge is -2.16. The van der Waals surface area contributed by atoms with Crippen molar-refractivity contribution >= 4 is 34.8 Å². The highest BCUT2D eigenvalue weighted by atomic mass is 16.2. The number of hydrogen-bond acceptors (Lipinski definition) is 4. The first-order valence-electron chi connectivity index (χ1n) is 7.60. The molecular formula is C18H17N3O3. The van der Waals surface area contributed by atoms with Crippen LogP contribution >= 0.6 is 0 Å². The van der Waals surface area contributed by atoms with Crippen LogP contribution in [0.15, 0.2) is 54.6 Å². The maximum Gasteiger partial charge on any atom is 0.256 e. The highest BCUT2D eigenvalue weighted by Gasteiger charge is 2.39. The van der Waals surface area contributed by atoms with Gasteiger partial charge in [-0.15, -0.1) is 0 Å². The van der Waals surface area contributed by atoms with Crippen molar-refractivity contribution in [3.05, 3.63) is 54.6 Å². The first-order valence-corrected chi connectivity index (χ1v) is 7.60. The molecule has 0 radical (unpaired) electrons. The summed E-state index contributed by atoms with van der Waals surface area (Å²) in [5.41, 5.74) is 1.97. The Balaban J connectivity index is 1.71. The van der Waals surface area contributed by atoms with Crippen LogP contribution in [-0.4, -0.2) is 23.8 Å². The molecule has 6 nitrogen and oxygen atoms in total. The van der Waals surface area contributed by atoms with Gasteiger partial charge in [-0.05, 0) is 36.4 Å². The number of carbonyl (C=O) groups excluding carboxylic acids is 3. The van der Waals surface area contributed by atoms with E-state index in [1.54, 1.807) is 48.5 Å². The molecule has 3 amide bonds. The van der Waals surface area contributed by atoms with Gasteiger partial charge >= 0.3 is 0 Å². The molecule has 1 heterocycles. The lowest BCUT2D eigenvalue weighted by atomic mass is 10.2. The van der Waals surface area contributed by atoms with E-state index < -0.39 is 6.04 Å². The van der Waals surface area contributed by atoms with E-state index in [0.717, 1.165) is 0 Å². The summed E-state index contributed by atoms with van der Waals surface area (Å²) in [6, 6.07) is 15.3. The summed E-state index contributed by atoms with van der Waals surface area (Å²) in [6.45, 7) is 1.44. The Morgan fingerprint density at radius 2 is 1.62 bits per heavy atom. The standard InChI is InChI=1S/C18H17N3O3/c1-12(22)19-13-7-9-14(10-8-13)20-16-11-17(23)21(18(16)24)15-5-3-2-4-6-15/h2-10,16,20H,11H2,1H3,(H,19,22)/t16-/m0/s1. The minimum absolute atomic E-state index is 0.112. The van der Waals surface area contributed by atoms with Crippen LogP contribution < -0.4 is 15.5 Å². The van der Waals surface area contributed by atoms with Crippen molar-refractivity contribution in [2.45, 2.75) is 19.4 Å². The van der Waals surface area contributed by atoms with Crippen LogP contribution in [0.1, 0.15) is 13.3 Å². The quantitative estimate of drug-likeness (QED) is 0.847. The van der Waals surface area contributed by atoms with Gasteiger partial charge in [-0.3, -0.25) is 14.4 Å². The van der Waals surface area contributed by atoms with Crippen LogP contribution in [-0.2, 0) is 14.4 Å². The van der Waals surface area contributed by atoms with Gasteiger partial charge in [0, 0.05) is 18.3 Å². The molecule has 0 aromatic heterocycles. The molecule has 0 bridgehead atoms. The van der Waals surface area contributed by atoms with Crippen LogP contribution in [0.3, 0.4) is 0 Å². The molecule has 0 unspecified atom stereocenters. The third kappa shape index (κ3) is 3.27. The van der Waals surface area contributed by atoms with Crippen LogP contribution in [0.25, 0.3) is 0 Å². The summed E-state index contributed by atoms with van der Waals surface area (Å²) < 4.78 is 0. The molecule has 1 saturated heterocycles. The molecule has 6 heteroatoms. The summed E-state index contributed by atoms with van der Waals surface area (Å²) >= 11 is 0. The molecule has 2 aromatic carbocycles. The van der Waals surface area contributed by atoms with Gasteiger partial charge in [-0.1, -0.05) is 18.2 Å². The molecular weight excluding hydrogens is 306 g/mol. The summed E-state index contributed by atoms with van der Waals surface area (Å²) in [5.74, 6) is -0.638. The number of imide groups is 1. The molecule has 3 rings (SSSR count). The molecule has 1 aliphatic rings. The Bertz CT molecular complexity index is 772. The van der Waals surface area contributed by atoms with E-state index in [1.807, 2.05) is 6.07 Å². The molecule has 0 saturated carbocycles. The van der Waals surface area contributed by atoms with Crippen LogP contribution in [0, 0.1) is 0 Å². The van der Waals surface area contributed by atoms with E-state index in [9.17, 15) is 14.4 Å². The summed E-state index contributed by atoms with van der Waals surface area (Å²) in [6.07, 6.45) is 0.112. The molecule has 1 aliphatic heterocycles. The number of hydrogen-bond donors (Lipinski definition) is 2. The number of amides is 3. The third-order valence-corrected chi connectivity index (χ3v) is 3.71. The van der Waals surface area contributed by atoms with E-state index in [4.69, 9.17) is 0 Å². The number of nitrogens with one attached hydrogen (secondary N) is 2. The fourth-order valence-corrected chi connectivity index (χ4v) is 2.65. The smallest absolute Gasteiger partial charge is 0.256 e. The lowest BCUT2D eigenvalue weighted by molar-refractivity contribution is -0.121. The van der Waals surface area contributed by atoms with E-state index in [0.29, 0.717) is 17.1 Å². The number of benzene rings is 2. The highest BCUT2D eigenvalue weighted by molar-refractivity contribution is 6.23. The summed E-state index contributed by atoms with van der Waals surface area (Å²) in [7, 11) is 0. The average molecular weight is 323 g/mol. The number of anilines is 3. The van der Waals surface area contributed by atoms with Crippen molar-refractivity contribution < 1.29 is 14.4 Å². The van der Waals surface area contributed by atoms with E-state index in [1.165, 1.54) is 11.8 Å². The van der Waals surface area contributed by atoms with Crippen molar-refractivity contribution in [1.82, 2.24) is 0 Å². The van der Waals surface area contributed by atoms with Crippen molar-refractivity contribution in [1.29, 1.82) is 0 Å². The Morgan fingerprint density at radius 1 is 1.00 bits per heavy atom. The normalized spacial score (nSPS) is 17.0. The Labute approximate surface area is 139 Å². The van der Waals surface area contributed by atoms with Crippen LogP contribution in [0.5, 0.6) is 0 Å². The Morgan fingerprint density at radius 3 is 2.25 bits per heavy atom. The van der Waals surface area contributed by atoms with E-state index in [-0.39, 0.29) is 24.1 Å². The van der Waals surface area contributed by atoms with Crippen LogP contribution in [0.2, 0.25) is 0 Å². The summed E-state index contributed by atoms with van der Waals surface area (Å²) in [5, 5.41) is 5.75. The lowest BCUT2D eigenvalue weighted by Crippen LogP contribution is -2.34. The number of nitrogens with zero attached hydrogens (tertiary/aromatic N) is 1. The second kappa shape index (κ2) is 6.54. The molecule has 2 aromatic rings. The Hall–Kier alpha value is -3.15. The first kappa shape index (κ1) is 15.7. The van der Waals surface area contributed by atoms with Crippen LogP contribution in [0.4, 0.5) is 17.1 Å². The largest absolute Gasteiger partial charge is 0.373 e. The SMILES string of the molecule is CC(=O)Nc1ccc(N[C@H]2CC(=O)N(c3ccccc3)C2=O)cc1. The summed E-state index contributed by atoms with van der Waals surface area (Å²) in [4.78, 5) is 36.9. The second-order valence-corrected chi connectivity index (χ2v) is 5.56. The van der Waals surface area contributed by atoms with Gasteiger partial charge in [0.1, 0.15) is 6.04 Å². The highest BCUT2D eigenvalue weighted by Crippen LogP contribution is 2.25. The maximum absolute atomic E-state index is 12.5. The average Bonchev–Trinajstić information content (AvgIpc) is 2.83.